The first kappa shape index (κ1) is 20.7. The SMILES string of the molecule is COC(=O)C1CN(C(C)(C)CNS(C)(=O)=O)C[C@H]1c1ccc(F)cc1F. The number of nitrogens with one attached hydrogen (secondary N) is 1. The summed E-state index contributed by atoms with van der Waals surface area (Å²) < 4.78 is 57.6. The predicted molar refractivity (Wildman–Crippen MR) is 93.1 cm³/mol. The van der Waals surface area contributed by atoms with Gasteiger partial charge in [0.1, 0.15) is 11.6 Å². The van der Waals surface area contributed by atoms with Crippen molar-refractivity contribution >= 4 is 16.0 Å². The van der Waals surface area contributed by atoms with Gasteiger partial charge >= 0.3 is 5.97 Å². The number of nitrogens with zero attached hydrogens (tertiary/aromatic N) is 1. The van der Waals surface area contributed by atoms with E-state index in [0.29, 0.717) is 6.54 Å². The highest BCUT2D eigenvalue weighted by Gasteiger charge is 2.45. The lowest BCUT2D eigenvalue weighted by atomic mass is 9.88. The average Bonchev–Trinajstić information content (AvgIpc) is 2.97. The normalized spacial score (nSPS) is 21.8. The molecule has 0 saturated carbocycles. The van der Waals surface area contributed by atoms with Gasteiger partial charge in [0, 0.05) is 37.2 Å². The van der Waals surface area contributed by atoms with Gasteiger partial charge in [0.15, 0.2) is 0 Å². The Morgan fingerprint density at radius 2 is 2.00 bits per heavy atom. The summed E-state index contributed by atoms with van der Waals surface area (Å²) in [7, 11) is -2.11. The van der Waals surface area contributed by atoms with Crippen molar-refractivity contribution in [3.05, 3.63) is 35.4 Å². The molecule has 0 bridgehead atoms. The van der Waals surface area contributed by atoms with Crippen LogP contribution < -0.4 is 4.72 Å². The van der Waals surface area contributed by atoms with Crippen LogP contribution in [0.3, 0.4) is 0 Å². The molecule has 0 radical (unpaired) electrons. The van der Waals surface area contributed by atoms with E-state index in [2.05, 4.69) is 4.72 Å². The minimum Gasteiger partial charge on any atom is -0.469 e. The van der Waals surface area contributed by atoms with Crippen molar-refractivity contribution in [1.29, 1.82) is 0 Å². The zero-order valence-corrected chi connectivity index (χ0v) is 16.1. The molecule has 6 nitrogen and oxygen atoms in total. The number of likely N-dealkylation sites (tertiary alicyclic amines) is 1. The zero-order valence-electron chi connectivity index (χ0n) is 15.3. The van der Waals surface area contributed by atoms with Crippen molar-refractivity contribution in [2.24, 2.45) is 5.92 Å². The number of carbonyl (C=O) groups excluding carboxylic acids is 1. The average molecular weight is 390 g/mol. The molecule has 1 saturated heterocycles. The van der Waals surface area contributed by atoms with Crippen LogP contribution in [-0.2, 0) is 19.6 Å². The van der Waals surface area contributed by atoms with Gasteiger partial charge in [-0.2, -0.15) is 0 Å². The number of hydrogen-bond acceptors (Lipinski definition) is 5. The Bertz CT molecular complexity index is 783. The number of carbonyl (C=O) groups is 1. The van der Waals surface area contributed by atoms with Gasteiger partial charge in [-0.25, -0.2) is 21.9 Å². The molecule has 1 heterocycles. The molecular weight excluding hydrogens is 366 g/mol. The predicted octanol–water partition coefficient (Wildman–Crippen LogP) is 1.48. The standard InChI is InChI=1S/C17H24F2N2O4S/c1-17(2,10-20-26(4,23)24)21-8-13(14(9-21)16(22)25-3)12-6-5-11(18)7-15(12)19/h5-7,13-14,20H,8-10H2,1-4H3/t13-,14?/m0/s1. The molecule has 0 amide bonds. The van der Waals surface area contributed by atoms with Crippen LogP contribution in [0.5, 0.6) is 0 Å². The number of benzene rings is 1. The fourth-order valence-corrected chi connectivity index (χ4v) is 3.84. The van der Waals surface area contributed by atoms with E-state index >= 15 is 0 Å². The van der Waals surface area contributed by atoms with Gasteiger partial charge in [0.2, 0.25) is 10.0 Å². The summed E-state index contributed by atoms with van der Waals surface area (Å²) in [5.74, 6) is -3.02. The third-order valence-electron chi connectivity index (χ3n) is 4.81. The maximum atomic E-state index is 14.3. The van der Waals surface area contributed by atoms with Crippen LogP contribution in [0.1, 0.15) is 25.3 Å². The second kappa shape index (κ2) is 7.58. The molecule has 1 aromatic carbocycles. The fourth-order valence-electron chi connectivity index (χ4n) is 3.23. The van der Waals surface area contributed by atoms with Crippen molar-refractivity contribution in [3.8, 4) is 0 Å². The molecular formula is C17H24F2N2O4S. The van der Waals surface area contributed by atoms with Crippen LogP contribution >= 0.6 is 0 Å². The van der Waals surface area contributed by atoms with E-state index in [-0.39, 0.29) is 18.7 Å². The lowest BCUT2D eigenvalue weighted by molar-refractivity contribution is -0.145. The van der Waals surface area contributed by atoms with E-state index < -0.39 is 45.0 Å². The van der Waals surface area contributed by atoms with Gasteiger partial charge in [-0.1, -0.05) is 6.07 Å². The van der Waals surface area contributed by atoms with Crippen molar-refractivity contribution in [1.82, 2.24) is 9.62 Å². The Hall–Kier alpha value is -1.58. The van der Waals surface area contributed by atoms with Crippen LogP contribution in [0.4, 0.5) is 8.78 Å². The molecule has 1 unspecified atom stereocenters. The molecule has 1 aromatic rings. The van der Waals surface area contributed by atoms with Crippen LogP contribution in [0.25, 0.3) is 0 Å². The summed E-state index contributed by atoms with van der Waals surface area (Å²) in [5.41, 5.74) is -0.364. The first-order valence-corrected chi connectivity index (χ1v) is 10.1. The molecule has 0 aromatic heterocycles. The minimum atomic E-state index is -3.37. The van der Waals surface area contributed by atoms with Gasteiger partial charge < -0.3 is 4.74 Å². The Labute approximate surface area is 152 Å². The van der Waals surface area contributed by atoms with Crippen LogP contribution in [0.15, 0.2) is 18.2 Å². The Morgan fingerprint density at radius 3 is 2.54 bits per heavy atom. The molecule has 2 rings (SSSR count). The molecule has 1 fully saturated rings. The smallest absolute Gasteiger partial charge is 0.310 e. The highest BCUT2D eigenvalue weighted by atomic mass is 32.2. The van der Waals surface area contributed by atoms with Crippen molar-refractivity contribution in [2.75, 3.05) is 33.0 Å². The second-order valence-corrected chi connectivity index (χ2v) is 9.05. The molecule has 0 aliphatic carbocycles. The fraction of sp³-hybridized carbons (Fsp3) is 0.588. The first-order chi connectivity index (χ1) is 11.9. The lowest BCUT2D eigenvalue weighted by Crippen LogP contribution is -2.50. The van der Waals surface area contributed by atoms with Crippen LogP contribution in [0.2, 0.25) is 0 Å². The molecule has 1 aliphatic rings. The summed E-state index contributed by atoms with van der Waals surface area (Å²) in [6.45, 7) is 4.41. The molecule has 9 heteroatoms. The monoisotopic (exact) mass is 390 g/mol. The second-order valence-electron chi connectivity index (χ2n) is 7.21. The molecule has 146 valence electrons. The van der Waals surface area contributed by atoms with E-state index in [0.717, 1.165) is 18.4 Å². The van der Waals surface area contributed by atoms with Crippen molar-refractivity contribution in [3.63, 3.8) is 0 Å². The number of hydrogen-bond donors (Lipinski definition) is 1. The van der Waals surface area contributed by atoms with Gasteiger partial charge in [-0.05, 0) is 25.5 Å². The van der Waals surface area contributed by atoms with Crippen LogP contribution in [-0.4, -0.2) is 57.8 Å². The summed E-state index contributed by atoms with van der Waals surface area (Å²) in [5, 5.41) is 0. The molecule has 1 aliphatic heterocycles. The largest absolute Gasteiger partial charge is 0.469 e. The number of esters is 1. The molecule has 26 heavy (non-hydrogen) atoms. The Balaban J connectivity index is 2.29. The highest BCUT2D eigenvalue weighted by molar-refractivity contribution is 7.88. The summed E-state index contributed by atoms with van der Waals surface area (Å²) in [4.78, 5) is 14.1. The van der Waals surface area contributed by atoms with E-state index in [9.17, 15) is 22.0 Å². The summed E-state index contributed by atoms with van der Waals surface area (Å²) in [6.07, 6.45) is 1.07. The topological polar surface area (TPSA) is 75.7 Å². The zero-order chi connectivity index (χ0) is 19.7. The molecule has 1 N–H and O–H groups in total. The van der Waals surface area contributed by atoms with Crippen molar-refractivity contribution in [2.45, 2.75) is 25.3 Å². The first-order valence-electron chi connectivity index (χ1n) is 8.17. The Morgan fingerprint density at radius 1 is 1.35 bits per heavy atom. The van der Waals surface area contributed by atoms with Gasteiger partial charge in [-0.15, -0.1) is 0 Å². The Kier molecular flexibility index (Phi) is 6.04. The van der Waals surface area contributed by atoms with E-state index in [1.807, 2.05) is 18.7 Å². The minimum absolute atomic E-state index is 0.137. The number of halogens is 2. The number of sulfonamides is 1. The van der Waals surface area contributed by atoms with Gasteiger partial charge in [-0.3, -0.25) is 9.69 Å². The van der Waals surface area contributed by atoms with E-state index in [4.69, 9.17) is 4.74 Å². The molecule has 2 atom stereocenters. The van der Waals surface area contributed by atoms with Crippen molar-refractivity contribution < 1.29 is 26.7 Å². The van der Waals surface area contributed by atoms with Gasteiger partial charge in [0.25, 0.3) is 0 Å². The van der Waals surface area contributed by atoms with Gasteiger partial charge in [0.05, 0.1) is 19.3 Å². The highest BCUT2D eigenvalue weighted by Crippen LogP contribution is 2.38. The van der Waals surface area contributed by atoms with E-state index in [1.165, 1.54) is 13.2 Å². The third-order valence-corrected chi connectivity index (χ3v) is 5.48. The number of rotatable bonds is 6. The van der Waals surface area contributed by atoms with Crippen LogP contribution in [0, 0.1) is 17.6 Å². The van der Waals surface area contributed by atoms with E-state index in [1.54, 1.807) is 0 Å². The maximum absolute atomic E-state index is 14.3. The molecule has 0 spiro atoms. The summed E-state index contributed by atoms with van der Waals surface area (Å²) >= 11 is 0. The number of methoxy groups -OCH3 is 1. The third kappa shape index (κ3) is 4.77. The maximum Gasteiger partial charge on any atom is 0.310 e. The quantitative estimate of drug-likeness (QED) is 0.745. The summed E-state index contributed by atoms with van der Waals surface area (Å²) in [6, 6.07) is 3.30. The lowest BCUT2D eigenvalue weighted by Gasteiger charge is -2.35. The number of ether oxygens (including phenoxy) is 1.